The Bertz CT molecular complexity index is 794. The number of thiophene rings is 1. The summed E-state index contributed by atoms with van der Waals surface area (Å²) < 4.78 is 5.62. The highest BCUT2D eigenvalue weighted by atomic mass is 35.5. The fraction of sp³-hybridized carbons (Fsp3) is 0.222. The zero-order valence-corrected chi connectivity index (χ0v) is 14.9. The van der Waals surface area contributed by atoms with Crippen LogP contribution in [0.1, 0.15) is 18.7 Å². The summed E-state index contributed by atoms with van der Waals surface area (Å²) in [6.45, 7) is 4.74. The van der Waals surface area contributed by atoms with Gasteiger partial charge in [0.25, 0.3) is 11.8 Å². The fourth-order valence-corrected chi connectivity index (χ4v) is 3.42. The van der Waals surface area contributed by atoms with Gasteiger partial charge in [0, 0.05) is 4.88 Å². The van der Waals surface area contributed by atoms with Gasteiger partial charge in [0.2, 0.25) is 0 Å². The van der Waals surface area contributed by atoms with E-state index in [9.17, 15) is 9.59 Å². The number of ether oxygens (including phenoxy) is 1. The van der Waals surface area contributed by atoms with Gasteiger partial charge < -0.3 is 4.74 Å². The number of carbonyl (C=O) groups excluding carboxylic acids is 2. The lowest BCUT2D eigenvalue weighted by atomic mass is 10.2. The Morgan fingerprint density at radius 3 is 2.42 bits per heavy atom. The predicted octanol–water partition coefficient (Wildman–Crippen LogP) is 4.31. The lowest BCUT2D eigenvalue weighted by Gasteiger charge is -2.15. The molecule has 0 radical (unpaired) electrons. The van der Waals surface area contributed by atoms with Gasteiger partial charge in [-0.25, -0.2) is 4.90 Å². The van der Waals surface area contributed by atoms with Crippen LogP contribution in [-0.2, 0) is 9.59 Å². The van der Waals surface area contributed by atoms with Crippen LogP contribution >= 0.6 is 22.9 Å². The van der Waals surface area contributed by atoms with E-state index in [1.165, 1.54) is 11.3 Å². The summed E-state index contributed by atoms with van der Waals surface area (Å²) >= 11 is 7.50. The minimum absolute atomic E-state index is 0.0393. The Hall–Kier alpha value is -2.11. The van der Waals surface area contributed by atoms with E-state index < -0.39 is 11.8 Å². The normalized spacial score (nSPS) is 14.9. The summed E-state index contributed by atoms with van der Waals surface area (Å²) in [5.41, 5.74) is 0.739. The second-order valence-electron chi connectivity index (χ2n) is 5.81. The molecule has 0 unspecified atom stereocenters. The molecule has 0 aliphatic carbocycles. The van der Waals surface area contributed by atoms with Gasteiger partial charge in [-0.05, 0) is 41.6 Å². The van der Waals surface area contributed by atoms with E-state index in [-0.39, 0.29) is 10.6 Å². The van der Waals surface area contributed by atoms with Gasteiger partial charge in [-0.15, -0.1) is 11.3 Å². The first-order valence-corrected chi connectivity index (χ1v) is 8.80. The largest absolute Gasteiger partial charge is 0.493 e. The Labute approximate surface area is 149 Å². The van der Waals surface area contributed by atoms with Crippen LogP contribution in [0.2, 0.25) is 0 Å². The number of hydrogen-bond donors (Lipinski definition) is 0. The quantitative estimate of drug-likeness (QED) is 0.745. The molecular formula is C18H16ClNO3S. The topological polar surface area (TPSA) is 46.6 Å². The standard InChI is InChI=1S/C18H16ClNO3S/c1-11(2)10-23-13-7-5-12(6-8-13)20-17(21)15(16(19)18(20)22)14-4-3-9-24-14/h3-9,11H,10H2,1-2H3. The van der Waals surface area contributed by atoms with E-state index in [4.69, 9.17) is 16.3 Å². The number of nitrogens with zero attached hydrogens (tertiary/aromatic N) is 1. The Morgan fingerprint density at radius 1 is 1.12 bits per heavy atom. The summed E-state index contributed by atoms with van der Waals surface area (Å²) in [6.07, 6.45) is 0. The molecule has 0 N–H and O–H groups in total. The molecule has 3 rings (SSSR count). The molecule has 1 aromatic heterocycles. The van der Waals surface area contributed by atoms with Crippen LogP contribution < -0.4 is 9.64 Å². The summed E-state index contributed by atoms with van der Waals surface area (Å²) in [5.74, 6) is 0.219. The average molecular weight is 362 g/mol. The molecule has 2 heterocycles. The third-order valence-electron chi connectivity index (χ3n) is 3.47. The molecular weight excluding hydrogens is 346 g/mol. The second kappa shape index (κ2) is 6.79. The first kappa shape index (κ1) is 16.7. The van der Waals surface area contributed by atoms with E-state index in [1.807, 2.05) is 11.4 Å². The first-order chi connectivity index (χ1) is 11.5. The Balaban J connectivity index is 1.84. The maximum Gasteiger partial charge on any atom is 0.277 e. The third-order valence-corrected chi connectivity index (χ3v) is 4.71. The summed E-state index contributed by atoms with van der Waals surface area (Å²) in [7, 11) is 0. The van der Waals surface area contributed by atoms with Crippen molar-refractivity contribution in [1.29, 1.82) is 0 Å². The van der Waals surface area contributed by atoms with E-state index in [2.05, 4.69) is 13.8 Å². The van der Waals surface area contributed by atoms with Gasteiger partial charge >= 0.3 is 0 Å². The van der Waals surface area contributed by atoms with Gasteiger partial charge in [0.05, 0.1) is 17.9 Å². The monoisotopic (exact) mass is 361 g/mol. The number of benzene rings is 1. The molecule has 0 fully saturated rings. The van der Waals surface area contributed by atoms with Crippen LogP contribution in [0.15, 0.2) is 46.8 Å². The van der Waals surface area contributed by atoms with Crippen LogP contribution in [0.5, 0.6) is 5.75 Å². The summed E-state index contributed by atoms with van der Waals surface area (Å²) in [5, 5.41) is 1.80. The summed E-state index contributed by atoms with van der Waals surface area (Å²) in [6, 6.07) is 10.5. The maximum atomic E-state index is 12.7. The lowest BCUT2D eigenvalue weighted by molar-refractivity contribution is -0.119. The molecule has 1 aliphatic heterocycles. The molecule has 0 bridgehead atoms. The highest BCUT2D eigenvalue weighted by Gasteiger charge is 2.39. The highest BCUT2D eigenvalue weighted by molar-refractivity contribution is 7.11. The lowest BCUT2D eigenvalue weighted by Crippen LogP contribution is -2.31. The van der Waals surface area contributed by atoms with Crippen molar-refractivity contribution in [1.82, 2.24) is 0 Å². The molecule has 1 aromatic carbocycles. The smallest absolute Gasteiger partial charge is 0.277 e. The molecule has 124 valence electrons. The van der Waals surface area contributed by atoms with Crippen LogP contribution in [0.25, 0.3) is 5.57 Å². The van der Waals surface area contributed by atoms with E-state index >= 15 is 0 Å². The molecule has 1 aliphatic rings. The van der Waals surface area contributed by atoms with Crippen molar-refractivity contribution in [3.63, 3.8) is 0 Å². The number of amides is 2. The van der Waals surface area contributed by atoms with Crippen molar-refractivity contribution in [2.24, 2.45) is 5.92 Å². The van der Waals surface area contributed by atoms with Gasteiger partial charge in [-0.2, -0.15) is 0 Å². The van der Waals surface area contributed by atoms with Crippen molar-refractivity contribution in [3.8, 4) is 5.75 Å². The van der Waals surface area contributed by atoms with Crippen molar-refractivity contribution < 1.29 is 14.3 Å². The molecule has 2 amide bonds. The minimum atomic E-state index is -0.499. The molecule has 0 saturated carbocycles. The zero-order valence-electron chi connectivity index (χ0n) is 13.3. The van der Waals surface area contributed by atoms with E-state index in [0.717, 1.165) is 4.90 Å². The van der Waals surface area contributed by atoms with Crippen molar-refractivity contribution in [2.75, 3.05) is 11.5 Å². The number of hydrogen-bond acceptors (Lipinski definition) is 4. The molecule has 0 saturated heterocycles. The number of imide groups is 1. The van der Waals surface area contributed by atoms with Crippen LogP contribution in [-0.4, -0.2) is 18.4 Å². The van der Waals surface area contributed by atoms with Gasteiger partial charge in [0.15, 0.2) is 0 Å². The van der Waals surface area contributed by atoms with Crippen molar-refractivity contribution in [3.05, 3.63) is 51.7 Å². The molecule has 0 spiro atoms. The molecule has 4 nitrogen and oxygen atoms in total. The maximum absolute atomic E-state index is 12.7. The molecule has 2 aromatic rings. The summed E-state index contributed by atoms with van der Waals surface area (Å²) in [4.78, 5) is 26.9. The van der Waals surface area contributed by atoms with Crippen LogP contribution in [0, 0.1) is 5.92 Å². The molecule has 6 heteroatoms. The highest BCUT2D eigenvalue weighted by Crippen LogP contribution is 2.36. The molecule has 0 atom stereocenters. The third kappa shape index (κ3) is 3.09. The first-order valence-electron chi connectivity index (χ1n) is 7.54. The zero-order chi connectivity index (χ0) is 17.3. The SMILES string of the molecule is CC(C)COc1ccc(N2C(=O)C(Cl)=C(c3cccs3)C2=O)cc1. The van der Waals surface area contributed by atoms with Crippen LogP contribution in [0.4, 0.5) is 5.69 Å². The average Bonchev–Trinajstić information content (AvgIpc) is 3.14. The Kier molecular flexibility index (Phi) is 4.73. The number of rotatable bonds is 5. The van der Waals surface area contributed by atoms with E-state index in [0.29, 0.717) is 28.8 Å². The number of anilines is 1. The predicted molar refractivity (Wildman–Crippen MR) is 96.4 cm³/mol. The number of carbonyl (C=O) groups is 2. The van der Waals surface area contributed by atoms with Crippen molar-refractivity contribution >= 4 is 46.0 Å². The van der Waals surface area contributed by atoms with Gasteiger partial charge in [0.1, 0.15) is 10.8 Å². The minimum Gasteiger partial charge on any atom is -0.493 e. The second-order valence-corrected chi connectivity index (χ2v) is 7.14. The van der Waals surface area contributed by atoms with Crippen LogP contribution in [0.3, 0.4) is 0 Å². The van der Waals surface area contributed by atoms with Crippen molar-refractivity contribution in [2.45, 2.75) is 13.8 Å². The fourth-order valence-electron chi connectivity index (χ4n) is 2.33. The van der Waals surface area contributed by atoms with Gasteiger partial charge in [-0.3, -0.25) is 9.59 Å². The number of halogens is 1. The van der Waals surface area contributed by atoms with Gasteiger partial charge in [-0.1, -0.05) is 31.5 Å². The molecule has 24 heavy (non-hydrogen) atoms. The van der Waals surface area contributed by atoms with E-state index in [1.54, 1.807) is 30.3 Å². The Morgan fingerprint density at radius 2 is 1.83 bits per heavy atom.